The van der Waals surface area contributed by atoms with Gasteiger partial charge in [-0.1, -0.05) is 12.8 Å². The number of rotatable bonds is 10. The molecule has 1 N–H and O–H groups in total. The van der Waals surface area contributed by atoms with Gasteiger partial charge in [0.2, 0.25) is 0 Å². The number of ether oxygens (including phenoxy) is 2. The van der Waals surface area contributed by atoms with Crippen LogP contribution >= 0.6 is 11.6 Å². The normalized spacial score (nSPS) is 18.7. The Morgan fingerprint density at radius 2 is 1.94 bits per heavy atom. The molecule has 0 heterocycles. The van der Waals surface area contributed by atoms with E-state index in [-0.39, 0.29) is 0 Å². The first kappa shape index (κ1) is 15.2. The number of hydrogen-bond donors (Lipinski definition) is 1. The molecule has 0 bridgehead atoms. The van der Waals surface area contributed by atoms with Crippen LogP contribution in [0.15, 0.2) is 0 Å². The van der Waals surface area contributed by atoms with Gasteiger partial charge in [0, 0.05) is 26.1 Å². The van der Waals surface area contributed by atoms with Crippen molar-refractivity contribution in [1.82, 2.24) is 5.32 Å². The summed E-state index contributed by atoms with van der Waals surface area (Å²) in [7, 11) is 1.69. The van der Waals surface area contributed by atoms with Gasteiger partial charge >= 0.3 is 0 Å². The molecule has 0 aromatic heterocycles. The molecular weight excluding hydrogens is 238 g/mol. The zero-order valence-electron chi connectivity index (χ0n) is 11.0. The van der Waals surface area contributed by atoms with Gasteiger partial charge in [-0.05, 0) is 31.2 Å². The van der Waals surface area contributed by atoms with Gasteiger partial charge in [0.1, 0.15) is 0 Å². The van der Waals surface area contributed by atoms with Crippen molar-refractivity contribution >= 4 is 11.6 Å². The van der Waals surface area contributed by atoms with E-state index in [1.54, 1.807) is 7.11 Å². The molecule has 0 radical (unpaired) electrons. The fraction of sp³-hybridized carbons (Fsp3) is 1.00. The standard InChI is InChI=1S/C13H26ClNO2/c1-16-9-10-17-8-4-7-15-12-13(11-14)5-2-3-6-13/h15H,2-12H2,1H3. The molecule has 0 aromatic rings. The molecular formula is C13H26ClNO2. The second kappa shape index (κ2) is 9.15. The van der Waals surface area contributed by atoms with Gasteiger partial charge in [0.05, 0.1) is 13.2 Å². The molecule has 0 amide bonds. The van der Waals surface area contributed by atoms with Crippen LogP contribution in [0.25, 0.3) is 0 Å². The molecule has 1 rings (SSSR count). The zero-order chi connectivity index (χ0) is 12.4. The summed E-state index contributed by atoms with van der Waals surface area (Å²) in [5, 5.41) is 3.51. The molecule has 1 aliphatic rings. The van der Waals surface area contributed by atoms with Crippen LogP contribution in [0.2, 0.25) is 0 Å². The highest BCUT2D eigenvalue weighted by Crippen LogP contribution is 2.38. The lowest BCUT2D eigenvalue weighted by Crippen LogP contribution is -2.34. The van der Waals surface area contributed by atoms with E-state index in [0.29, 0.717) is 18.6 Å². The maximum Gasteiger partial charge on any atom is 0.0700 e. The van der Waals surface area contributed by atoms with Crippen LogP contribution in [0, 0.1) is 5.41 Å². The first-order valence-corrected chi connectivity index (χ1v) is 7.20. The number of alkyl halides is 1. The topological polar surface area (TPSA) is 30.5 Å². The lowest BCUT2D eigenvalue weighted by atomic mass is 9.88. The van der Waals surface area contributed by atoms with Crippen molar-refractivity contribution in [2.24, 2.45) is 5.41 Å². The molecule has 1 saturated carbocycles. The molecule has 102 valence electrons. The second-order valence-electron chi connectivity index (χ2n) is 4.98. The summed E-state index contributed by atoms with van der Waals surface area (Å²) in [5.74, 6) is 0.796. The average molecular weight is 264 g/mol. The lowest BCUT2D eigenvalue weighted by molar-refractivity contribution is 0.0692. The Morgan fingerprint density at radius 1 is 1.18 bits per heavy atom. The SMILES string of the molecule is COCCOCCCNCC1(CCl)CCCC1. The minimum atomic E-state index is 0.373. The summed E-state index contributed by atoms with van der Waals surface area (Å²) < 4.78 is 10.3. The van der Waals surface area contributed by atoms with Crippen molar-refractivity contribution in [1.29, 1.82) is 0 Å². The molecule has 0 saturated heterocycles. The number of nitrogens with one attached hydrogen (secondary N) is 1. The first-order chi connectivity index (χ1) is 8.33. The second-order valence-corrected chi connectivity index (χ2v) is 5.24. The minimum Gasteiger partial charge on any atom is -0.382 e. The van der Waals surface area contributed by atoms with Crippen molar-refractivity contribution in [3.05, 3.63) is 0 Å². The van der Waals surface area contributed by atoms with E-state index in [4.69, 9.17) is 21.1 Å². The fourth-order valence-corrected chi connectivity index (χ4v) is 2.74. The molecule has 1 aliphatic carbocycles. The molecule has 0 atom stereocenters. The zero-order valence-corrected chi connectivity index (χ0v) is 11.7. The van der Waals surface area contributed by atoms with Gasteiger partial charge < -0.3 is 14.8 Å². The average Bonchev–Trinajstić information content (AvgIpc) is 2.82. The van der Waals surface area contributed by atoms with Crippen LogP contribution in [0.4, 0.5) is 0 Å². The van der Waals surface area contributed by atoms with E-state index >= 15 is 0 Å². The maximum absolute atomic E-state index is 6.08. The minimum absolute atomic E-state index is 0.373. The van der Waals surface area contributed by atoms with Crippen molar-refractivity contribution in [3.8, 4) is 0 Å². The summed E-state index contributed by atoms with van der Waals surface area (Å²) in [5.41, 5.74) is 0.373. The summed E-state index contributed by atoms with van der Waals surface area (Å²) in [4.78, 5) is 0. The van der Waals surface area contributed by atoms with Crippen molar-refractivity contribution in [2.45, 2.75) is 32.1 Å². The molecule has 0 aliphatic heterocycles. The summed E-state index contributed by atoms with van der Waals surface area (Å²) in [6.07, 6.45) is 6.31. The van der Waals surface area contributed by atoms with Gasteiger partial charge in [0.15, 0.2) is 0 Å². The monoisotopic (exact) mass is 263 g/mol. The molecule has 0 unspecified atom stereocenters. The summed E-state index contributed by atoms with van der Waals surface area (Å²) in [6, 6.07) is 0. The highest BCUT2D eigenvalue weighted by Gasteiger charge is 2.32. The van der Waals surface area contributed by atoms with E-state index in [1.807, 2.05) is 0 Å². The van der Waals surface area contributed by atoms with Crippen LogP contribution in [-0.2, 0) is 9.47 Å². The Hall–Kier alpha value is 0.170. The molecule has 17 heavy (non-hydrogen) atoms. The van der Waals surface area contributed by atoms with Crippen molar-refractivity contribution in [2.75, 3.05) is 45.9 Å². The van der Waals surface area contributed by atoms with Crippen LogP contribution in [0.3, 0.4) is 0 Å². The Morgan fingerprint density at radius 3 is 2.59 bits per heavy atom. The van der Waals surface area contributed by atoms with E-state index in [1.165, 1.54) is 25.7 Å². The number of halogens is 1. The molecule has 4 heteroatoms. The summed E-state index contributed by atoms with van der Waals surface area (Å²) in [6.45, 7) is 4.27. The van der Waals surface area contributed by atoms with Gasteiger partial charge in [-0.15, -0.1) is 11.6 Å². The highest BCUT2D eigenvalue weighted by molar-refractivity contribution is 6.18. The van der Waals surface area contributed by atoms with Gasteiger partial charge in [0.25, 0.3) is 0 Å². The van der Waals surface area contributed by atoms with Crippen molar-refractivity contribution < 1.29 is 9.47 Å². The number of hydrogen-bond acceptors (Lipinski definition) is 3. The van der Waals surface area contributed by atoms with Crippen LogP contribution in [0.5, 0.6) is 0 Å². The van der Waals surface area contributed by atoms with Crippen LogP contribution < -0.4 is 5.32 Å². The molecule has 0 aromatic carbocycles. The third-order valence-corrected chi connectivity index (χ3v) is 4.09. The highest BCUT2D eigenvalue weighted by atomic mass is 35.5. The third-order valence-electron chi connectivity index (χ3n) is 3.52. The predicted molar refractivity (Wildman–Crippen MR) is 71.8 cm³/mol. The van der Waals surface area contributed by atoms with Crippen molar-refractivity contribution in [3.63, 3.8) is 0 Å². The Balaban J connectivity index is 1.92. The molecule has 0 spiro atoms. The number of methoxy groups -OCH3 is 1. The smallest absolute Gasteiger partial charge is 0.0700 e. The largest absolute Gasteiger partial charge is 0.382 e. The maximum atomic E-state index is 6.08. The molecule has 3 nitrogen and oxygen atoms in total. The lowest BCUT2D eigenvalue weighted by Gasteiger charge is -2.26. The van der Waals surface area contributed by atoms with Crippen LogP contribution in [-0.4, -0.2) is 45.9 Å². The van der Waals surface area contributed by atoms with E-state index in [2.05, 4.69) is 5.32 Å². The van der Waals surface area contributed by atoms with E-state index < -0.39 is 0 Å². The Kier molecular flexibility index (Phi) is 8.19. The first-order valence-electron chi connectivity index (χ1n) is 6.66. The van der Waals surface area contributed by atoms with Gasteiger partial charge in [-0.25, -0.2) is 0 Å². The summed E-state index contributed by atoms with van der Waals surface area (Å²) >= 11 is 6.08. The predicted octanol–water partition coefficient (Wildman–Crippen LogP) is 2.43. The molecule has 1 fully saturated rings. The fourth-order valence-electron chi connectivity index (χ4n) is 2.38. The van der Waals surface area contributed by atoms with Gasteiger partial charge in [-0.2, -0.15) is 0 Å². The van der Waals surface area contributed by atoms with Gasteiger partial charge in [-0.3, -0.25) is 0 Å². The van der Waals surface area contributed by atoms with E-state index in [9.17, 15) is 0 Å². The quantitative estimate of drug-likeness (QED) is 0.485. The van der Waals surface area contributed by atoms with E-state index in [0.717, 1.165) is 32.0 Å². The van der Waals surface area contributed by atoms with Crippen LogP contribution in [0.1, 0.15) is 32.1 Å². The Bertz CT molecular complexity index is 184. The third kappa shape index (κ3) is 6.05. The Labute approximate surface area is 110 Å².